The smallest absolute Gasteiger partial charge is 0.227 e. The summed E-state index contributed by atoms with van der Waals surface area (Å²) >= 11 is 2.55. The summed E-state index contributed by atoms with van der Waals surface area (Å²) in [5.41, 5.74) is 3.27. The molecule has 8 nitrogen and oxygen atoms in total. The van der Waals surface area contributed by atoms with Gasteiger partial charge in [-0.1, -0.05) is 29.8 Å². The van der Waals surface area contributed by atoms with Crippen LogP contribution in [0.2, 0.25) is 0 Å². The molecule has 160 valence electrons. The fourth-order valence-electron chi connectivity index (χ4n) is 2.60. The van der Waals surface area contributed by atoms with E-state index >= 15 is 0 Å². The molecule has 0 aliphatic heterocycles. The molecule has 0 atom stereocenters. The molecule has 0 aliphatic rings. The van der Waals surface area contributed by atoms with Gasteiger partial charge in [-0.2, -0.15) is 25.5 Å². The van der Waals surface area contributed by atoms with E-state index in [4.69, 9.17) is 10.5 Å². The third-order valence-corrected chi connectivity index (χ3v) is 5.92. The molecular formula is C23H16N8S2. The van der Waals surface area contributed by atoms with Crippen molar-refractivity contribution in [1.29, 1.82) is 10.5 Å². The van der Waals surface area contributed by atoms with Gasteiger partial charge < -0.3 is 5.32 Å². The molecule has 0 aliphatic carbocycles. The SMILES string of the molecule is Cc1ccc(CNc2nc(Sc3ccc(C#N)cn3)nc(Sc3ccc(C#N)cn3)n2)cc1. The number of nitriles is 2. The minimum absolute atomic E-state index is 0.429. The maximum atomic E-state index is 8.97. The Hall–Kier alpha value is -3.99. The van der Waals surface area contributed by atoms with Crippen LogP contribution in [0.1, 0.15) is 22.3 Å². The van der Waals surface area contributed by atoms with Gasteiger partial charge in [0.1, 0.15) is 22.2 Å². The Morgan fingerprint density at radius 2 is 1.30 bits per heavy atom. The number of benzene rings is 1. The van der Waals surface area contributed by atoms with E-state index in [0.717, 1.165) is 5.56 Å². The van der Waals surface area contributed by atoms with Crippen molar-refractivity contribution >= 4 is 29.5 Å². The van der Waals surface area contributed by atoms with Gasteiger partial charge in [0, 0.05) is 18.9 Å². The van der Waals surface area contributed by atoms with Crippen LogP contribution in [0, 0.1) is 29.6 Å². The van der Waals surface area contributed by atoms with Crippen molar-refractivity contribution in [2.24, 2.45) is 0 Å². The van der Waals surface area contributed by atoms with Crippen molar-refractivity contribution in [2.75, 3.05) is 5.32 Å². The monoisotopic (exact) mass is 468 g/mol. The zero-order chi connectivity index (χ0) is 23.0. The molecule has 3 heterocycles. The number of nitrogens with one attached hydrogen (secondary N) is 1. The first-order chi connectivity index (χ1) is 16.1. The van der Waals surface area contributed by atoms with Gasteiger partial charge in [0.05, 0.1) is 11.1 Å². The number of aromatic nitrogens is 5. The average molecular weight is 469 g/mol. The molecule has 1 N–H and O–H groups in total. The highest BCUT2D eigenvalue weighted by Gasteiger charge is 2.11. The molecule has 0 spiro atoms. The van der Waals surface area contributed by atoms with Crippen molar-refractivity contribution in [3.05, 3.63) is 83.2 Å². The van der Waals surface area contributed by atoms with Crippen molar-refractivity contribution in [3.8, 4) is 12.1 Å². The van der Waals surface area contributed by atoms with Gasteiger partial charge >= 0.3 is 0 Å². The molecule has 0 saturated carbocycles. The quantitative estimate of drug-likeness (QED) is 0.410. The number of pyridine rings is 2. The first-order valence-electron chi connectivity index (χ1n) is 9.75. The number of nitrogens with zero attached hydrogens (tertiary/aromatic N) is 7. The highest BCUT2D eigenvalue weighted by molar-refractivity contribution is 7.99. The molecule has 33 heavy (non-hydrogen) atoms. The Morgan fingerprint density at radius 3 is 1.76 bits per heavy atom. The van der Waals surface area contributed by atoms with Crippen LogP contribution in [0.4, 0.5) is 5.95 Å². The Labute approximate surface area is 199 Å². The van der Waals surface area contributed by atoms with Gasteiger partial charge in [0.2, 0.25) is 5.95 Å². The number of anilines is 1. The summed E-state index contributed by atoms with van der Waals surface area (Å²) in [4.78, 5) is 22.1. The number of hydrogen-bond donors (Lipinski definition) is 1. The molecular weight excluding hydrogens is 452 g/mol. The summed E-state index contributed by atoms with van der Waals surface area (Å²) in [7, 11) is 0. The summed E-state index contributed by atoms with van der Waals surface area (Å²) in [6.45, 7) is 2.60. The van der Waals surface area contributed by atoms with Gasteiger partial charge in [0.15, 0.2) is 10.3 Å². The minimum atomic E-state index is 0.429. The second-order valence-corrected chi connectivity index (χ2v) is 8.74. The lowest BCUT2D eigenvalue weighted by Crippen LogP contribution is -2.06. The largest absolute Gasteiger partial charge is 0.350 e. The van der Waals surface area contributed by atoms with E-state index in [1.54, 1.807) is 24.3 Å². The fraction of sp³-hybridized carbons (Fsp3) is 0.0870. The van der Waals surface area contributed by atoms with Crippen LogP contribution >= 0.6 is 23.5 Å². The molecule has 0 bridgehead atoms. The first kappa shape index (κ1) is 22.2. The van der Waals surface area contributed by atoms with E-state index in [0.29, 0.717) is 44.0 Å². The molecule has 10 heteroatoms. The zero-order valence-electron chi connectivity index (χ0n) is 17.4. The predicted molar refractivity (Wildman–Crippen MR) is 124 cm³/mol. The maximum Gasteiger partial charge on any atom is 0.227 e. The molecule has 0 radical (unpaired) electrons. The molecule has 1 aromatic carbocycles. The van der Waals surface area contributed by atoms with Crippen molar-refractivity contribution in [2.45, 2.75) is 33.8 Å². The number of aryl methyl sites for hydroxylation is 1. The zero-order valence-corrected chi connectivity index (χ0v) is 19.1. The van der Waals surface area contributed by atoms with E-state index in [1.165, 1.54) is 41.5 Å². The predicted octanol–water partition coefficient (Wildman–Crippen LogP) is 4.63. The summed E-state index contributed by atoms with van der Waals surface area (Å²) in [5.74, 6) is 0.429. The highest BCUT2D eigenvalue weighted by Crippen LogP contribution is 2.28. The molecule has 3 aromatic heterocycles. The van der Waals surface area contributed by atoms with Gasteiger partial charge in [-0.05, 0) is 60.3 Å². The third-order valence-electron chi connectivity index (χ3n) is 4.29. The lowest BCUT2D eigenvalue weighted by atomic mass is 10.1. The van der Waals surface area contributed by atoms with Crippen LogP contribution in [0.25, 0.3) is 0 Å². The van der Waals surface area contributed by atoms with Crippen molar-refractivity contribution in [1.82, 2.24) is 24.9 Å². The van der Waals surface area contributed by atoms with Crippen LogP contribution in [0.15, 0.2) is 81.3 Å². The van der Waals surface area contributed by atoms with Crippen molar-refractivity contribution in [3.63, 3.8) is 0 Å². The normalized spacial score (nSPS) is 10.3. The number of rotatable bonds is 7. The van der Waals surface area contributed by atoms with Gasteiger partial charge in [-0.25, -0.2) is 9.97 Å². The summed E-state index contributed by atoms with van der Waals surface area (Å²) in [6, 6.07) is 19.2. The van der Waals surface area contributed by atoms with E-state index in [1.807, 2.05) is 6.92 Å². The highest BCUT2D eigenvalue weighted by atomic mass is 32.2. The standard InChI is InChI=1S/C23H16N8S2/c1-15-2-4-16(5-3-15)12-28-21-29-22(32-19-8-6-17(10-24)13-26-19)31-23(30-21)33-20-9-7-18(11-25)14-27-20/h2-9,13-14H,12H2,1H3,(H,28,29,30,31). The molecule has 0 saturated heterocycles. The van der Waals surface area contributed by atoms with Gasteiger partial charge in [0.25, 0.3) is 0 Å². The lowest BCUT2D eigenvalue weighted by molar-refractivity contribution is 0.797. The second kappa shape index (κ2) is 10.6. The van der Waals surface area contributed by atoms with Crippen LogP contribution in [0.5, 0.6) is 0 Å². The van der Waals surface area contributed by atoms with Crippen LogP contribution < -0.4 is 5.32 Å². The van der Waals surface area contributed by atoms with Crippen LogP contribution in [-0.4, -0.2) is 24.9 Å². The summed E-state index contributed by atoms with van der Waals surface area (Å²) in [6.07, 6.45) is 3.02. The van der Waals surface area contributed by atoms with E-state index < -0.39 is 0 Å². The van der Waals surface area contributed by atoms with Crippen LogP contribution in [0.3, 0.4) is 0 Å². The Balaban J connectivity index is 1.58. The summed E-state index contributed by atoms with van der Waals surface area (Å²) in [5, 5.41) is 23.4. The third kappa shape index (κ3) is 6.26. The molecule has 0 fully saturated rings. The van der Waals surface area contributed by atoms with Gasteiger partial charge in [-0.3, -0.25) is 0 Å². The number of hydrogen-bond acceptors (Lipinski definition) is 10. The first-order valence-corrected chi connectivity index (χ1v) is 11.4. The average Bonchev–Trinajstić information content (AvgIpc) is 2.84. The summed E-state index contributed by atoms with van der Waals surface area (Å²) < 4.78 is 0. The van der Waals surface area contributed by atoms with Gasteiger partial charge in [-0.15, -0.1) is 0 Å². The molecule has 4 aromatic rings. The molecule has 0 unspecified atom stereocenters. The Bertz CT molecular complexity index is 1250. The van der Waals surface area contributed by atoms with Crippen LogP contribution in [-0.2, 0) is 6.54 Å². The lowest BCUT2D eigenvalue weighted by Gasteiger charge is -2.09. The topological polar surface area (TPSA) is 124 Å². The minimum Gasteiger partial charge on any atom is -0.350 e. The fourth-order valence-corrected chi connectivity index (χ4v) is 4.04. The van der Waals surface area contributed by atoms with Crippen molar-refractivity contribution < 1.29 is 0 Å². The Morgan fingerprint density at radius 1 is 0.758 bits per heavy atom. The maximum absolute atomic E-state index is 8.97. The van der Waals surface area contributed by atoms with E-state index in [2.05, 4.69) is 66.6 Å². The van der Waals surface area contributed by atoms with E-state index in [9.17, 15) is 0 Å². The van der Waals surface area contributed by atoms with E-state index in [-0.39, 0.29) is 0 Å². The molecule has 4 rings (SSSR count). The molecule has 0 amide bonds. The Kier molecular flexibility index (Phi) is 7.10. The second-order valence-electron chi connectivity index (χ2n) is 6.76.